The summed E-state index contributed by atoms with van der Waals surface area (Å²) >= 11 is 8.17. The van der Waals surface area contributed by atoms with Crippen LogP contribution < -0.4 is 4.74 Å². The highest BCUT2D eigenvalue weighted by molar-refractivity contribution is 7.18. The van der Waals surface area contributed by atoms with Gasteiger partial charge in [0.25, 0.3) is 0 Å². The SMILES string of the molecule is Clc1cc2c(c(CN3CCC[C@@H](c4nc5ccccc5s4)C3)c1)OCOC2. The number of likely N-dealkylation sites (tertiary alicyclic amines) is 1. The quantitative estimate of drug-likeness (QED) is 0.605. The van der Waals surface area contributed by atoms with Crippen LogP contribution in [0.4, 0.5) is 0 Å². The smallest absolute Gasteiger partial charge is 0.189 e. The largest absolute Gasteiger partial charge is 0.467 e. The topological polar surface area (TPSA) is 34.6 Å². The molecule has 0 aliphatic carbocycles. The Hall–Kier alpha value is -1.66. The van der Waals surface area contributed by atoms with Crippen molar-refractivity contribution in [2.45, 2.75) is 31.9 Å². The molecule has 1 fully saturated rings. The van der Waals surface area contributed by atoms with Gasteiger partial charge >= 0.3 is 0 Å². The van der Waals surface area contributed by atoms with E-state index in [0.29, 0.717) is 19.3 Å². The van der Waals surface area contributed by atoms with Crippen molar-refractivity contribution in [2.24, 2.45) is 0 Å². The van der Waals surface area contributed by atoms with E-state index in [1.165, 1.54) is 22.5 Å². The second-order valence-electron chi connectivity index (χ2n) is 7.26. The Morgan fingerprint density at radius 1 is 1.26 bits per heavy atom. The third-order valence-electron chi connectivity index (χ3n) is 5.31. The van der Waals surface area contributed by atoms with E-state index in [9.17, 15) is 0 Å². The Morgan fingerprint density at radius 3 is 3.11 bits per heavy atom. The summed E-state index contributed by atoms with van der Waals surface area (Å²) in [6, 6.07) is 12.4. The van der Waals surface area contributed by atoms with E-state index in [-0.39, 0.29) is 0 Å². The number of ether oxygens (including phenoxy) is 2. The summed E-state index contributed by atoms with van der Waals surface area (Å²) in [6.07, 6.45) is 2.39. The summed E-state index contributed by atoms with van der Waals surface area (Å²) in [4.78, 5) is 7.40. The molecule has 2 aliphatic heterocycles. The van der Waals surface area contributed by atoms with Crippen molar-refractivity contribution >= 4 is 33.2 Å². The fourth-order valence-electron chi connectivity index (χ4n) is 4.08. The predicted octanol–water partition coefficient (Wildman–Crippen LogP) is 5.20. The van der Waals surface area contributed by atoms with Gasteiger partial charge in [-0.1, -0.05) is 23.7 Å². The number of halogens is 1. The lowest BCUT2D eigenvalue weighted by Crippen LogP contribution is -2.34. The van der Waals surface area contributed by atoms with Crippen LogP contribution in [0.3, 0.4) is 0 Å². The summed E-state index contributed by atoms with van der Waals surface area (Å²) in [5.74, 6) is 1.45. The van der Waals surface area contributed by atoms with Crippen LogP contribution in [0.5, 0.6) is 5.75 Å². The van der Waals surface area contributed by atoms with Crippen molar-refractivity contribution in [3.05, 3.63) is 57.6 Å². The monoisotopic (exact) mass is 400 g/mol. The first-order chi connectivity index (χ1) is 13.3. The maximum absolute atomic E-state index is 6.33. The Morgan fingerprint density at radius 2 is 2.19 bits per heavy atom. The minimum Gasteiger partial charge on any atom is -0.467 e. The highest BCUT2D eigenvalue weighted by Crippen LogP contribution is 2.36. The van der Waals surface area contributed by atoms with Gasteiger partial charge < -0.3 is 9.47 Å². The lowest BCUT2D eigenvalue weighted by atomic mass is 9.97. The third kappa shape index (κ3) is 3.57. The third-order valence-corrected chi connectivity index (χ3v) is 6.73. The first kappa shape index (κ1) is 17.4. The highest BCUT2D eigenvalue weighted by atomic mass is 35.5. The Labute approximate surface area is 167 Å². The van der Waals surface area contributed by atoms with E-state index in [0.717, 1.165) is 47.1 Å². The van der Waals surface area contributed by atoms with E-state index in [1.807, 2.05) is 23.5 Å². The molecule has 2 aliphatic rings. The molecule has 27 heavy (non-hydrogen) atoms. The van der Waals surface area contributed by atoms with Crippen LogP contribution >= 0.6 is 22.9 Å². The molecule has 0 amide bonds. The Bertz CT molecular complexity index is 941. The van der Waals surface area contributed by atoms with Crippen LogP contribution in [-0.4, -0.2) is 29.8 Å². The number of piperidine rings is 1. The van der Waals surface area contributed by atoms with Crippen molar-refractivity contribution in [1.82, 2.24) is 9.88 Å². The molecule has 6 heteroatoms. The van der Waals surface area contributed by atoms with Gasteiger partial charge in [0, 0.05) is 35.2 Å². The molecule has 1 saturated heterocycles. The van der Waals surface area contributed by atoms with E-state index in [4.69, 9.17) is 26.1 Å². The molecule has 3 heterocycles. The van der Waals surface area contributed by atoms with Crippen molar-refractivity contribution < 1.29 is 9.47 Å². The molecular weight excluding hydrogens is 380 g/mol. The number of fused-ring (bicyclic) bond motifs is 2. The highest BCUT2D eigenvalue weighted by Gasteiger charge is 2.26. The molecule has 0 bridgehead atoms. The average Bonchev–Trinajstić information content (AvgIpc) is 3.12. The first-order valence-corrected chi connectivity index (χ1v) is 10.6. The zero-order valence-electron chi connectivity index (χ0n) is 15.0. The summed E-state index contributed by atoms with van der Waals surface area (Å²) in [7, 11) is 0. The molecule has 0 unspecified atom stereocenters. The van der Waals surface area contributed by atoms with Gasteiger partial charge in [0.1, 0.15) is 5.75 Å². The number of rotatable bonds is 3. The molecule has 1 aromatic heterocycles. The van der Waals surface area contributed by atoms with Gasteiger partial charge in [-0.2, -0.15) is 0 Å². The zero-order chi connectivity index (χ0) is 18.2. The maximum atomic E-state index is 6.33. The van der Waals surface area contributed by atoms with E-state index < -0.39 is 0 Å². The van der Waals surface area contributed by atoms with Gasteiger partial charge in [0.05, 0.1) is 21.8 Å². The number of thiazole rings is 1. The Balaban J connectivity index is 1.36. The fraction of sp³-hybridized carbons (Fsp3) is 0.381. The molecule has 140 valence electrons. The van der Waals surface area contributed by atoms with Crippen LogP contribution in [0.15, 0.2) is 36.4 Å². The summed E-state index contributed by atoms with van der Waals surface area (Å²) in [6.45, 7) is 3.86. The number of aromatic nitrogens is 1. The lowest BCUT2D eigenvalue weighted by molar-refractivity contribution is -0.0175. The van der Waals surface area contributed by atoms with Gasteiger partial charge in [-0.25, -0.2) is 4.98 Å². The summed E-state index contributed by atoms with van der Waals surface area (Å²) < 4.78 is 12.5. The van der Waals surface area contributed by atoms with Crippen LogP contribution in [0, 0.1) is 0 Å². The second kappa shape index (κ2) is 7.40. The van der Waals surface area contributed by atoms with Gasteiger partial charge in [-0.05, 0) is 43.7 Å². The van der Waals surface area contributed by atoms with Gasteiger partial charge in [0.2, 0.25) is 0 Å². The molecule has 3 aromatic rings. The van der Waals surface area contributed by atoms with Crippen LogP contribution in [-0.2, 0) is 17.9 Å². The van der Waals surface area contributed by atoms with E-state index >= 15 is 0 Å². The molecule has 0 spiro atoms. The maximum Gasteiger partial charge on any atom is 0.189 e. The predicted molar refractivity (Wildman–Crippen MR) is 109 cm³/mol. The van der Waals surface area contributed by atoms with Gasteiger partial charge in [-0.15, -0.1) is 11.3 Å². The number of hydrogen-bond donors (Lipinski definition) is 0. The van der Waals surface area contributed by atoms with Crippen molar-refractivity contribution in [3.63, 3.8) is 0 Å². The van der Waals surface area contributed by atoms with Crippen LogP contribution in [0.1, 0.15) is 34.9 Å². The minimum absolute atomic E-state index is 0.315. The molecule has 0 saturated carbocycles. The minimum atomic E-state index is 0.315. The number of nitrogens with zero attached hydrogens (tertiary/aromatic N) is 2. The van der Waals surface area contributed by atoms with Crippen molar-refractivity contribution in [3.8, 4) is 5.75 Å². The zero-order valence-corrected chi connectivity index (χ0v) is 16.6. The number of benzene rings is 2. The summed E-state index contributed by atoms with van der Waals surface area (Å²) in [5, 5.41) is 2.01. The Kier molecular flexibility index (Phi) is 4.78. The van der Waals surface area contributed by atoms with Crippen LogP contribution in [0.2, 0.25) is 5.02 Å². The van der Waals surface area contributed by atoms with Crippen molar-refractivity contribution in [1.29, 1.82) is 0 Å². The molecule has 2 aromatic carbocycles. The first-order valence-electron chi connectivity index (χ1n) is 9.36. The molecule has 1 atom stereocenters. The average molecular weight is 401 g/mol. The fourth-order valence-corrected chi connectivity index (χ4v) is 5.44. The van der Waals surface area contributed by atoms with Crippen molar-refractivity contribution in [2.75, 3.05) is 19.9 Å². The molecule has 5 rings (SSSR count). The summed E-state index contributed by atoms with van der Waals surface area (Å²) in [5.41, 5.74) is 3.32. The molecular formula is C21H21ClN2O2S. The van der Waals surface area contributed by atoms with Gasteiger partial charge in [-0.3, -0.25) is 4.90 Å². The molecule has 4 nitrogen and oxygen atoms in total. The van der Waals surface area contributed by atoms with E-state index in [1.54, 1.807) is 0 Å². The number of para-hydroxylation sites is 1. The molecule has 0 N–H and O–H groups in total. The molecule has 0 radical (unpaired) electrons. The van der Waals surface area contributed by atoms with Gasteiger partial charge in [0.15, 0.2) is 6.79 Å². The normalized spacial score (nSPS) is 20.4. The standard InChI is InChI=1S/C21H21ClN2O2S/c22-17-8-15(20-16(9-17)12-25-13-26-20)11-24-7-3-4-14(10-24)21-23-18-5-1-2-6-19(18)27-21/h1-2,5-6,8-9,14H,3-4,7,10-13H2/t14-/m1/s1. The lowest BCUT2D eigenvalue weighted by Gasteiger charge is -2.32. The second-order valence-corrected chi connectivity index (χ2v) is 8.76. The number of hydrogen-bond acceptors (Lipinski definition) is 5. The van der Waals surface area contributed by atoms with E-state index in [2.05, 4.69) is 29.2 Å². The van der Waals surface area contributed by atoms with Crippen LogP contribution in [0.25, 0.3) is 10.2 Å².